The maximum absolute atomic E-state index is 4.17. The lowest BCUT2D eigenvalue weighted by Crippen LogP contribution is -2.43. The van der Waals surface area contributed by atoms with Gasteiger partial charge in [-0.2, -0.15) is 5.10 Å². The topological polar surface area (TPSA) is 33.1 Å². The first-order chi connectivity index (χ1) is 7.15. The van der Waals surface area contributed by atoms with Crippen LogP contribution in [0.15, 0.2) is 12.4 Å². The van der Waals surface area contributed by atoms with E-state index in [0.29, 0.717) is 12.0 Å². The highest BCUT2D eigenvalue weighted by Gasteiger charge is 2.23. The number of hydrogen-bond donors (Lipinski definition) is 1. The summed E-state index contributed by atoms with van der Waals surface area (Å²) in [5.41, 5.74) is 1.14. The molecule has 15 heavy (non-hydrogen) atoms. The molecule has 1 aromatic heterocycles. The molecule has 0 aliphatic carbocycles. The number of anilines is 1. The van der Waals surface area contributed by atoms with Crippen molar-refractivity contribution in [2.45, 2.75) is 19.4 Å². The van der Waals surface area contributed by atoms with E-state index in [4.69, 9.17) is 0 Å². The van der Waals surface area contributed by atoms with Crippen LogP contribution in [0.5, 0.6) is 0 Å². The molecule has 2 atom stereocenters. The van der Waals surface area contributed by atoms with Crippen molar-refractivity contribution < 1.29 is 0 Å². The second kappa shape index (κ2) is 4.23. The Balaban J connectivity index is 1.94. The molecule has 2 rings (SSSR count). The zero-order valence-corrected chi connectivity index (χ0v) is 9.77. The number of hydrogen-bond acceptors (Lipinski definition) is 3. The summed E-state index contributed by atoms with van der Waals surface area (Å²) in [6.07, 6.45) is 5.14. The van der Waals surface area contributed by atoms with Crippen molar-refractivity contribution in [2.24, 2.45) is 13.0 Å². The molecular weight excluding hydrogens is 188 g/mol. The van der Waals surface area contributed by atoms with E-state index in [-0.39, 0.29) is 0 Å². The number of rotatable bonds is 2. The molecule has 1 fully saturated rings. The van der Waals surface area contributed by atoms with Crippen molar-refractivity contribution in [3.05, 3.63) is 12.4 Å². The lowest BCUT2D eigenvalue weighted by molar-refractivity contribution is 0.206. The third-order valence-corrected chi connectivity index (χ3v) is 3.17. The molecule has 4 heteroatoms. The minimum absolute atomic E-state index is 0.588. The monoisotopic (exact) mass is 208 g/mol. The molecule has 84 valence electrons. The number of piperidine rings is 1. The number of nitrogens with zero attached hydrogens (tertiary/aromatic N) is 3. The molecular formula is C11H20N4. The van der Waals surface area contributed by atoms with Crippen LogP contribution in [0.3, 0.4) is 0 Å². The fourth-order valence-electron chi connectivity index (χ4n) is 2.28. The number of likely N-dealkylation sites (tertiary alicyclic amines) is 1. The van der Waals surface area contributed by atoms with Crippen LogP contribution in [0.4, 0.5) is 5.69 Å². The van der Waals surface area contributed by atoms with Crippen LogP contribution >= 0.6 is 0 Å². The average molecular weight is 208 g/mol. The van der Waals surface area contributed by atoms with Gasteiger partial charge in [-0.1, -0.05) is 6.92 Å². The minimum Gasteiger partial charge on any atom is -0.379 e. The first kappa shape index (κ1) is 10.5. The van der Waals surface area contributed by atoms with Crippen molar-refractivity contribution in [2.75, 3.05) is 25.5 Å². The first-order valence-corrected chi connectivity index (χ1v) is 5.59. The molecule has 2 heterocycles. The van der Waals surface area contributed by atoms with E-state index in [1.165, 1.54) is 19.5 Å². The van der Waals surface area contributed by atoms with Gasteiger partial charge in [0.2, 0.25) is 0 Å². The largest absolute Gasteiger partial charge is 0.379 e. The number of nitrogens with one attached hydrogen (secondary N) is 1. The van der Waals surface area contributed by atoms with Gasteiger partial charge in [-0.25, -0.2) is 0 Å². The molecule has 4 nitrogen and oxygen atoms in total. The maximum Gasteiger partial charge on any atom is 0.0728 e. The minimum atomic E-state index is 0.588. The van der Waals surface area contributed by atoms with Crippen LogP contribution in [-0.2, 0) is 7.05 Å². The normalized spacial score (nSPS) is 27.9. The van der Waals surface area contributed by atoms with E-state index in [2.05, 4.69) is 29.3 Å². The summed E-state index contributed by atoms with van der Waals surface area (Å²) in [6.45, 7) is 4.67. The Morgan fingerprint density at radius 2 is 2.27 bits per heavy atom. The third kappa shape index (κ3) is 2.50. The highest BCUT2D eigenvalue weighted by molar-refractivity contribution is 5.39. The van der Waals surface area contributed by atoms with Crippen molar-refractivity contribution in [1.82, 2.24) is 14.7 Å². The predicted molar refractivity (Wildman–Crippen MR) is 61.9 cm³/mol. The second-order valence-corrected chi connectivity index (χ2v) is 4.68. The number of aromatic nitrogens is 2. The smallest absolute Gasteiger partial charge is 0.0728 e. The quantitative estimate of drug-likeness (QED) is 0.792. The van der Waals surface area contributed by atoms with E-state index in [1.54, 1.807) is 0 Å². The molecule has 1 aromatic rings. The fraction of sp³-hybridized carbons (Fsp3) is 0.727. The van der Waals surface area contributed by atoms with Crippen molar-refractivity contribution in [1.29, 1.82) is 0 Å². The van der Waals surface area contributed by atoms with Crippen LogP contribution in [-0.4, -0.2) is 40.9 Å². The van der Waals surface area contributed by atoms with E-state index < -0.39 is 0 Å². The van der Waals surface area contributed by atoms with Gasteiger partial charge in [0.15, 0.2) is 0 Å². The summed E-state index contributed by atoms with van der Waals surface area (Å²) in [4.78, 5) is 2.39. The van der Waals surface area contributed by atoms with Gasteiger partial charge in [-0.15, -0.1) is 0 Å². The van der Waals surface area contributed by atoms with E-state index in [9.17, 15) is 0 Å². The molecule has 0 aromatic carbocycles. The van der Waals surface area contributed by atoms with Crippen LogP contribution in [0, 0.1) is 5.92 Å². The van der Waals surface area contributed by atoms with E-state index in [0.717, 1.165) is 5.69 Å². The highest BCUT2D eigenvalue weighted by Crippen LogP contribution is 2.19. The van der Waals surface area contributed by atoms with Gasteiger partial charge in [-0.3, -0.25) is 4.68 Å². The lowest BCUT2D eigenvalue weighted by atomic mass is 9.94. The fourth-order valence-corrected chi connectivity index (χ4v) is 2.28. The molecule has 1 saturated heterocycles. The Morgan fingerprint density at radius 1 is 1.47 bits per heavy atom. The Labute approximate surface area is 91.3 Å². The summed E-state index contributed by atoms with van der Waals surface area (Å²) in [5, 5.41) is 7.73. The van der Waals surface area contributed by atoms with Gasteiger partial charge in [0.05, 0.1) is 11.9 Å². The van der Waals surface area contributed by atoms with Gasteiger partial charge < -0.3 is 10.2 Å². The summed E-state index contributed by atoms with van der Waals surface area (Å²) in [5.74, 6) is 0.698. The molecule has 0 radical (unpaired) electrons. The third-order valence-electron chi connectivity index (χ3n) is 3.17. The molecule has 1 N–H and O–H groups in total. The zero-order chi connectivity index (χ0) is 10.8. The van der Waals surface area contributed by atoms with E-state index >= 15 is 0 Å². The molecule has 0 spiro atoms. The molecule has 0 bridgehead atoms. The van der Waals surface area contributed by atoms with Crippen molar-refractivity contribution in [3.8, 4) is 0 Å². The molecule has 1 aliphatic rings. The second-order valence-electron chi connectivity index (χ2n) is 4.68. The van der Waals surface area contributed by atoms with Gasteiger partial charge in [0.1, 0.15) is 0 Å². The first-order valence-electron chi connectivity index (χ1n) is 5.59. The standard InChI is InChI=1S/C11H20N4/c1-9-7-14(2)5-4-11(9)13-10-6-12-15(3)8-10/h6,8-9,11,13H,4-5,7H2,1-3H3. The van der Waals surface area contributed by atoms with Gasteiger partial charge in [0, 0.05) is 25.8 Å². The van der Waals surface area contributed by atoms with Crippen LogP contribution in [0.1, 0.15) is 13.3 Å². The van der Waals surface area contributed by atoms with Crippen LogP contribution in [0.2, 0.25) is 0 Å². The summed E-state index contributed by atoms with van der Waals surface area (Å²) < 4.78 is 1.84. The zero-order valence-electron chi connectivity index (χ0n) is 9.77. The summed E-state index contributed by atoms with van der Waals surface area (Å²) in [7, 11) is 4.14. The Kier molecular flexibility index (Phi) is 2.95. The molecule has 0 saturated carbocycles. The van der Waals surface area contributed by atoms with Crippen LogP contribution < -0.4 is 5.32 Å². The lowest BCUT2D eigenvalue weighted by Gasteiger charge is -2.35. The predicted octanol–water partition coefficient (Wildman–Crippen LogP) is 1.17. The molecule has 2 unspecified atom stereocenters. The summed E-state index contributed by atoms with van der Waals surface area (Å²) in [6, 6.07) is 0.588. The number of aryl methyl sites for hydroxylation is 1. The molecule has 0 amide bonds. The van der Waals surface area contributed by atoms with E-state index in [1.807, 2.05) is 24.1 Å². The van der Waals surface area contributed by atoms with Crippen molar-refractivity contribution in [3.63, 3.8) is 0 Å². The van der Waals surface area contributed by atoms with Crippen LogP contribution in [0.25, 0.3) is 0 Å². The maximum atomic E-state index is 4.17. The van der Waals surface area contributed by atoms with Crippen molar-refractivity contribution >= 4 is 5.69 Å². The highest BCUT2D eigenvalue weighted by atomic mass is 15.3. The average Bonchev–Trinajstić information content (AvgIpc) is 2.56. The van der Waals surface area contributed by atoms with Gasteiger partial charge in [-0.05, 0) is 25.9 Å². The van der Waals surface area contributed by atoms with Gasteiger partial charge >= 0.3 is 0 Å². The summed E-state index contributed by atoms with van der Waals surface area (Å²) >= 11 is 0. The SMILES string of the molecule is CC1CN(C)CCC1Nc1cnn(C)c1. The Hall–Kier alpha value is -1.03. The van der Waals surface area contributed by atoms with Gasteiger partial charge in [0.25, 0.3) is 0 Å². The molecule has 1 aliphatic heterocycles. The Morgan fingerprint density at radius 3 is 2.87 bits per heavy atom. The Bertz CT molecular complexity index is 320.